The molecule has 3 N–H and O–H groups in total. The van der Waals surface area contributed by atoms with Crippen LogP contribution in [-0.4, -0.2) is 10.8 Å². The molecule has 110 valence electrons. The first kappa shape index (κ1) is 15.3. The number of nitrogen functional groups attached to an aromatic ring is 1. The minimum atomic E-state index is -0.620. The van der Waals surface area contributed by atoms with Crippen LogP contribution in [0.2, 0.25) is 5.02 Å². The summed E-state index contributed by atoms with van der Waals surface area (Å²) in [5, 5.41) is 17.4. The second-order valence-electron chi connectivity index (χ2n) is 4.41. The number of carbonyl (C=O) groups excluding carboxylic acids is 1. The Bertz CT molecular complexity index is 715. The van der Waals surface area contributed by atoms with Crippen molar-refractivity contribution in [2.24, 2.45) is 0 Å². The molecular weight excluding hydrogens is 314 g/mol. The fourth-order valence-electron chi connectivity index (χ4n) is 1.74. The predicted octanol–water partition coefficient (Wildman–Crippen LogP) is 3.13. The number of hydrogen-bond donors (Lipinski definition) is 2. The lowest BCUT2D eigenvalue weighted by Crippen LogP contribution is -2.24. The van der Waals surface area contributed by atoms with Crippen molar-refractivity contribution in [2.45, 2.75) is 13.5 Å². The topological polar surface area (TPSA) is 98.3 Å². The number of aryl methyl sites for hydroxylation is 1. The summed E-state index contributed by atoms with van der Waals surface area (Å²) in [4.78, 5) is 22.3. The van der Waals surface area contributed by atoms with Gasteiger partial charge in [-0.25, -0.2) is 0 Å². The number of nitrogens with one attached hydrogen (secondary N) is 1. The maximum atomic E-state index is 12.1. The lowest BCUT2D eigenvalue weighted by atomic mass is 10.1. The van der Waals surface area contributed by atoms with Crippen LogP contribution in [0.25, 0.3) is 0 Å². The number of non-ortho nitro benzene ring substituents is 1. The molecule has 21 heavy (non-hydrogen) atoms. The second kappa shape index (κ2) is 6.11. The molecule has 2 aromatic rings. The van der Waals surface area contributed by atoms with Crippen molar-refractivity contribution in [3.8, 4) is 0 Å². The molecule has 0 saturated heterocycles. The van der Waals surface area contributed by atoms with Gasteiger partial charge in [0.15, 0.2) is 0 Å². The van der Waals surface area contributed by atoms with E-state index < -0.39 is 10.8 Å². The summed E-state index contributed by atoms with van der Waals surface area (Å²) in [6.07, 6.45) is 0. The summed E-state index contributed by atoms with van der Waals surface area (Å²) >= 11 is 7.36. The number of halogens is 1. The Morgan fingerprint density at radius 1 is 1.48 bits per heavy atom. The van der Waals surface area contributed by atoms with Gasteiger partial charge in [0.1, 0.15) is 0 Å². The summed E-state index contributed by atoms with van der Waals surface area (Å²) in [5.41, 5.74) is 7.54. The first-order valence-electron chi connectivity index (χ1n) is 5.93. The molecule has 2 rings (SSSR count). The second-order valence-corrected chi connectivity index (χ2v) is 5.56. The molecule has 0 saturated carbocycles. The van der Waals surface area contributed by atoms with Crippen LogP contribution in [0.4, 0.5) is 11.4 Å². The molecule has 1 heterocycles. The molecule has 1 amide bonds. The maximum Gasteiger partial charge on any atom is 0.271 e. The van der Waals surface area contributed by atoms with E-state index in [2.05, 4.69) is 5.32 Å². The zero-order valence-electron chi connectivity index (χ0n) is 11.1. The number of carbonyl (C=O) groups is 1. The van der Waals surface area contributed by atoms with E-state index in [1.54, 1.807) is 0 Å². The van der Waals surface area contributed by atoms with Crippen LogP contribution >= 0.6 is 22.9 Å². The number of benzene rings is 1. The number of nitrogens with two attached hydrogens (primary N) is 1. The number of rotatable bonds is 4. The Labute approximate surface area is 129 Å². The number of nitro groups is 1. The largest absolute Gasteiger partial charge is 0.397 e. The minimum absolute atomic E-state index is 0.00193. The molecular formula is C13H12ClN3O3S. The lowest BCUT2D eigenvalue weighted by molar-refractivity contribution is -0.384. The quantitative estimate of drug-likeness (QED) is 0.512. The van der Waals surface area contributed by atoms with E-state index in [0.717, 1.165) is 23.3 Å². The zero-order valence-corrected chi connectivity index (χ0v) is 12.6. The number of nitro benzene ring substituents is 1. The number of anilines is 1. The van der Waals surface area contributed by atoms with E-state index in [1.807, 2.05) is 17.7 Å². The van der Waals surface area contributed by atoms with Crippen molar-refractivity contribution in [1.82, 2.24) is 5.32 Å². The summed E-state index contributed by atoms with van der Waals surface area (Å²) in [7, 11) is 0. The molecule has 1 aromatic heterocycles. The monoisotopic (exact) mass is 325 g/mol. The SMILES string of the molecule is Cc1cscc1CNC(=O)c1cc([N+](=O)[O-])cc(Cl)c1N. The molecule has 0 bridgehead atoms. The molecule has 0 spiro atoms. The molecule has 8 heteroatoms. The van der Waals surface area contributed by atoms with Crippen LogP contribution in [0.3, 0.4) is 0 Å². The molecule has 0 unspecified atom stereocenters. The highest BCUT2D eigenvalue weighted by Crippen LogP contribution is 2.28. The van der Waals surface area contributed by atoms with Crippen molar-refractivity contribution < 1.29 is 9.72 Å². The van der Waals surface area contributed by atoms with Gasteiger partial charge in [-0.05, 0) is 28.8 Å². The number of amides is 1. The highest BCUT2D eigenvalue weighted by molar-refractivity contribution is 7.08. The Kier molecular flexibility index (Phi) is 4.44. The summed E-state index contributed by atoms with van der Waals surface area (Å²) in [5.74, 6) is -0.497. The van der Waals surface area contributed by atoms with Gasteiger partial charge in [-0.3, -0.25) is 14.9 Å². The molecule has 0 fully saturated rings. The highest BCUT2D eigenvalue weighted by Gasteiger charge is 2.18. The third-order valence-corrected chi connectivity index (χ3v) is 4.19. The fraction of sp³-hybridized carbons (Fsp3) is 0.154. The van der Waals surface area contributed by atoms with E-state index >= 15 is 0 Å². The first-order valence-corrected chi connectivity index (χ1v) is 7.25. The number of nitrogens with zero attached hydrogens (tertiary/aromatic N) is 1. The van der Waals surface area contributed by atoms with Gasteiger partial charge in [-0.2, -0.15) is 11.3 Å². The Morgan fingerprint density at radius 3 is 2.76 bits per heavy atom. The Hall–Kier alpha value is -2.12. The Balaban J connectivity index is 2.22. The van der Waals surface area contributed by atoms with E-state index in [4.69, 9.17) is 17.3 Å². The molecule has 0 aliphatic rings. The van der Waals surface area contributed by atoms with Gasteiger partial charge in [-0.15, -0.1) is 0 Å². The summed E-state index contributed by atoms with van der Waals surface area (Å²) in [6.45, 7) is 2.27. The molecule has 0 aliphatic carbocycles. The van der Waals surface area contributed by atoms with Crippen LogP contribution in [0.5, 0.6) is 0 Å². The predicted molar refractivity (Wildman–Crippen MR) is 82.7 cm³/mol. The van der Waals surface area contributed by atoms with Gasteiger partial charge in [-0.1, -0.05) is 11.6 Å². The van der Waals surface area contributed by atoms with Gasteiger partial charge in [0.2, 0.25) is 0 Å². The van der Waals surface area contributed by atoms with Gasteiger partial charge >= 0.3 is 0 Å². The average Bonchev–Trinajstić information content (AvgIpc) is 2.84. The number of thiophene rings is 1. The normalized spacial score (nSPS) is 10.4. The van der Waals surface area contributed by atoms with Gasteiger partial charge in [0, 0.05) is 18.7 Å². The molecule has 6 nitrogen and oxygen atoms in total. The average molecular weight is 326 g/mol. The van der Waals surface area contributed by atoms with E-state index in [1.165, 1.54) is 11.3 Å². The van der Waals surface area contributed by atoms with Gasteiger partial charge in [0.05, 0.1) is 21.2 Å². The zero-order chi connectivity index (χ0) is 15.6. The molecule has 0 atom stereocenters. The molecule has 0 aliphatic heterocycles. The van der Waals surface area contributed by atoms with E-state index in [-0.39, 0.29) is 22.0 Å². The summed E-state index contributed by atoms with van der Waals surface area (Å²) in [6, 6.07) is 2.24. The van der Waals surface area contributed by atoms with Gasteiger partial charge in [0.25, 0.3) is 11.6 Å². The minimum Gasteiger partial charge on any atom is -0.397 e. The number of hydrogen-bond acceptors (Lipinski definition) is 5. The van der Waals surface area contributed by atoms with Crippen LogP contribution in [0.1, 0.15) is 21.5 Å². The molecule has 0 radical (unpaired) electrons. The van der Waals surface area contributed by atoms with Crippen molar-refractivity contribution in [2.75, 3.05) is 5.73 Å². The summed E-state index contributed by atoms with van der Waals surface area (Å²) < 4.78 is 0. The van der Waals surface area contributed by atoms with E-state index in [9.17, 15) is 14.9 Å². The van der Waals surface area contributed by atoms with Crippen LogP contribution in [-0.2, 0) is 6.54 Å². The van der Waals surface area contributed by atoms with Gasteiger partial charge < -0.3 is 11.1 Å². The first-order chi connectivity index (χ1) is 9.90. The fourth-order valence-corrected chi connectivity index (χ4v) is 2.81. The highest BCUT2D eigenvalue weighted by atomic mass is 35.5. The van der Waals surface area contributed by atoms with Crippen LogP contribution < -0.4 is 11.1 Å². The van der Waals surface area contributed by atoms with Crippen LogP contribution in [0.15, 0.2) is 22.9 Å². The van der Waals surface area contributed by atoms with Crippen molar-refractivity contribution in [1.29, 1.82) is 0 Å². The third kappa shape index (κ3) is 3.32. The van der Waals surface area contributed by atoms with Crippen molar-refractivity contribution >= 4 is 40.2 Å². The maximum absolute atomic E-state index is 12.1. The smallest absolute Gasteiger partial charge is 0.271 e. The van der Waals surface area contributed by atoms with E-state index in [0.29, 0.717) is 6.54 Å². The Morgan fingerprint density at radius 2 is 2.19 bits per heavy atom. The molecule has 1 aromatic carbocycles. The standard InChI is InChI=1S/C13H12ClN3O3S/c1-7-5-21-6-8(7)4-16-13(18)10-2-9(17(19)20)3-11(14)12(10)15/h2-3,5-6H,4,15H2,1H3,(H,16,18). The van der Waals surface area contributed by atoms with Crippen molar-refractivity contribution in [3.63, 3.8) is 0 Å². The lowest BCUT2D eigenvalue weighted by Gasteiger charge is -2.08. The third-order valence-electron chi connectivity index (χ3n) is 2.97. The van der Waals surface area contributed by atoms with Crippen molar-refractivity contribution in [3.05, 3.63) is 54.7 Å². The van der Waals surface area contributed by atoms with Crippen LogP contribution in [0, 0.1) is 17.0 Å².